The van der Waals surface area contributed by atoms with E-state index in [1.807, 2.05) is 45.0 Å². The van der Waals surface area contributed by atoms with Gasteiger partial charge in [0.15, 0.2) is 11.6 Å². The molecule has 2 heteroatoms. The number of rotatable bonds is 4. The van der Waals surface area contributed by atoms with Crippen LogP contribution < -0.4 is 0 Å². The maximum Gasteiger partial charge on any atom is 0.170 e. The third kappa shape index (κ3) is 3.10. The topological polar surface area (TPSA) is 34.1 Å². The van der Waals surface area contributed by atoms with Gasteiger partial charge in [0.2, 0.25) is 0 Å². The van der Waals surface area contributed by atoms with E-state index in [0.717, 1.165) is 16.7 Å². The quantitative estimate of drug-likeness (QED) is 0.615. The maximum absolute atomic E-state index is 12.4. The van der Waals surface area contributed by atoms with Gasteiger partial charge in [-0.1, -0.05) is 30.3 Å². The molecule has 0 unspecified atom stereocenters. The van der Waals surface area contributed by atoms with Gasteiger partial charge in [-0.05, 0) is 56.0 Å². The van der Waals surface area contributed by atoms with Gasteiger partial charge in [0.25, 0.3) is 0 Å². The van der Waals surface area contributed by atoms with Gasteiger partial charge in [-0.25, -0.2) is 0 Å². The fourth-order valence-corrected chi connectivity index (χ4v) is 2.47. The van der Waals surface area contributed by atoms with Gasteiger partial charge in [0.05, 0.1) is 6.42 Å². The van der Waals surface area contributed by atoms with Crippen LogP contribution in [0, 0.1) is 27.7 Å². The summed E-state index contributed by atoms with van der Waals surface area (Å²) in [6.07, 6.45) is -0.0766. The predicted octanol–water partition coefficient (Wildman–Crippen LogP) is 4.38. The highest BCUT2D eigenvalue weighted by Gasteiger charge is 2.17. The van der Waals surface area contributed by atoms with Crippen molar-refractivity contribution >= 4 is 11.6 Å². The smallest absolute Gasteiger partial charge is 0.170 e. The van der Waals surface area contributed by atoms with Crippen molar-refractivity contribution in [1.29, 1.82) is 0 Å². The molecule has 2 aromatic carbocycles. The third-order valence-electron chi connectivity index (χ3n) is 4.20. The molecule has 2 rings (SSSR count). The molecule has 108 valence electrons. The van der Waals surface area contributed by atoms with E-state index in [-0.39, 0.29) is 18.0 Å². The first kappa shape index (κ1) is 15.2. The Morgan fingerprint density at radius 2 is 1.43 bits per heavy atom. The molecule has 0 fully saturated rings. The molecule has 0 aliphatic heterocycles. The van der Waals surface area contributed by atoms with Gasteiger partial charge in [-0.3, -0.25) is 9.59 Å². The minimum atomic E-state index is -0.129. The highest BCUT2D eigenvalue weighted by Crippen LogP contribution is 2.22. The first-order valence-electron chi connectivity index (χ1n) is 7.10. The van der Waals surface area contributed by atoms with Gasteiger partial charge < -0.3 is 0 Å². The van der Waals surface area contributed by atoms with Crippen LogP contribution in [0.5, 0.6) is 0 Å². The van der Waals surface area contributed by atoms with E-state index in [2.05, 4.69) is 6.92 Å². The molecule has 0 aliphatic rings. The molecule has 0 radical (unpaired) electrons. The summed E-state index contributed by atoms with van der Waals surface area (Å²) in [6.45, 7) is 8.02. The second-order valence-corrected chi connectivity index (χ2v) is 5.51. The van der Waals surface area contributed by atoms with E-state index in [9.17, 15) is 9.59 Å². The molecule has 0 aliphatic carbocycles. The maximum atomic E-state index is 12.4. The Kier molecular flexibility index (Phi) is 4.37. The van der Waals surface area contributed by atoms with Crippen molar-refractivity contribution in [3.63, 3.8) is 0 Å². The van der Waals surface area contributed by atoms with Crippen LogP contribution >= 0.6 is 0 Å². The minimum absolute atomic E-state index is 0.0766. The zero-order chi connectivity index (χ0) is 15.6. The highest BCUT2D eigenvalue weighted by atomic mass is 16.1. The van der Waals surface area contributed by atoms with E-state index in [1.54, 1.807) is 12.1 Å². The normalized spacial score (nSPS) is 10.5. The number of hydrogen-bond donors (Lipinski definition) is 0. The highest BCUT2D eigenvalue weighted by molar-refractivity contribution is 6.14. The standard InChI is InChI=1S/C19H20O2/c1-12-10-17(15(4)14(3)13(12)2)19(21)11-18(20)16-8-6-5-7-9-16/h5-10H,11H2,1-4H3. The summed E-state index contributed by atoms with van der Waals surface area (Å²) in [5.41, 5.74) is 5.66. The molecule has 0 spiro atoms. The molecule has 2 nitrogen and oxygen atoms in total. The molecule has 21 heavy (non-hydrogen) atoms. The summed E-state index contributed by atoms with van der Waals surface area (Å²) in [5, 5.41) is 0. The molecule has 0 aromatic heterocycles. The molecule has 0 atom stereocenters. The van der Waals surface area contributed by atoms with Gasteiger partial charge in [0, 0.05) is 11.1 Å². The van der Waals surface area contributed by atoms with Crippen molar-refractivity contribution in [2.45, 2.75) is 34.1 Å². The van der Waals surface area contributed by atoms with Crippen molar-refractivity contribution < 1.29 is 9.59 Å². The Hall–Kier alpha value is -2.22. The summed E-state index contributed by atoms with van der Waals surface area (Å²) >= 11 is 0. The van der Waals surface area contributed by atoms with Gasteiger partial charge in [0.1, 0.15) is 0 Å². The number of aryl methyl sites for hydroxylation is 1. The van der Waals surface area contributed by atoms with Crippen molar-refractivity contribution in [3.05, 3.63) is 69.8 Å². The Bertz CT molecular complexity index is 697. The number of ketones is 2. The summed E-state index contributed by atoms with van der Waals surface area (Å²) in [6, 6.07) is 10.9. The van der Waals surface area contributed by atoms with Gasteiger partial charge in [-0.15, -0.1) is 0 Å². The average molecular weight is 280 g/mol. The monoisotopic (exact) mass is 280 g/mol. The average Bonchev–Trinajstić information content (AvgIpc) is 2.49. The summed E-state index contributed by atoms with van der Waals surface area (Å²) in [4.78, 5) is 24.6. The van der Waals surface area contributed by atoms with Crippen LogP contribution in [-0.4, -0.2) is 11.6 Å². The van der Waals surface area contributed by atoms with E-state index < -0.39 is 0 Å². The molecule has 0 saturated carbocycles. The molecule has 0 N–H and O–H groups in total. The van der Waals surface area contributed by atoms with Crippen LogP contribution in [0.25, 0.3) is 0 Å². The summed E-state index contributed by atoms with van der Waals surface area (Å²) in [5.74, 6) is -0.233. The van der Waals surface area contributed by atoms with Crippen LogP contribution in [0.15, 0.2) is 36.4 Å². The molecule has 2 aromatic rings. The van der Waals surface area contributed by atoms with Crippen molar-refractivity contribution in [2.75, 3.05) is 0 Å². The van der Waals surface area contributed by atoms with Crippen LogP contribution in [0.4, 0.5) is 0 Å². The lowest BCUT2D eigenvalue weighted by Gasteiger charge is -2.13. The molecular formula is C19H20O2. The Labute approximate surface area is 125 Å². The Morgan fingerprint density at radius 1 is 0.810 bits per heavy atom. The van der Waals surface area contributed by atoms with E-state index in [1.165, 1.54) is 5.56 Å². The largest absolute Gasteiger partial charge is 0.294 e. The van der Waals surface area contributed by atoms with Crippen LogP contribution in [0.2, 0.25) is 0 Å². The predicted molar refractivity (Wildman–Crippen MR) is 85.1 cm³/mol. The minimum Gasteiger partial charge on any atom is -0.294 e. The zero-order valence-corrected chi connectivity index (χ0v) is 13.0. The Morgan fingerprint density at radius 3 is 2.05 bits per heavy atom. The molecule has 0 amide bonds. The number of carbonyl (C=O) groups excluding carboxylic acids is 2. The van der Waals surface area contributed by atoms with Crippen molar-refractivity contribution in [3.8, 4) is 0 Å². The van der Waals surface area contributed by atoms with Crippen molar-refractivity contribution in [1.82, 2.24) is 0 Å². The molecular weight excluding hydrogens is 260 g/mol. The number of carbonyl (C=O) groups is 2. The SMILES string of the molecule is Cc1cc(C(=O)CC(=O)c2ccccc2)c(C)c(C)c1C. The van der Waals surface area contributed by atoms with Gasteiger partial charge in [-0.2, -0.15) is 0 Å². The van der Waals surface area contributed by atoms with Crippen molar-refractivity contribution in [2.24, 2.45) is 0 Å². The van der Waals surface area contributed by atoms with E-state index >= 15 is 0 Å². The lowest BCUT2D eigenvalue weighted by Crippen LogP contribution is -2.11. The van der Waals surface area contributed by atoms with E-state index in [0.29, 0.717) is 11.1 Å². The fourth-order valence-electron chi connectivity index (χ4n) is 2.47. The lowest BCUT2D eigenvalue weighted by molar-refractivity contribution is 0.0894. The molecule has 0 bridgehead atoms. The summed E-state index contributed by atoms with van der Waals surface area (Å²) in [7, 11) is 0. The number of benzene rings is 2. The molecule has 0 saturated heterocycles. The van der Waals surface area contributed by atoms with Crippen LogP contribution in [0.1, 0.15) is 49.4 Å². The first-order valence-corrected chi connectivity index (χ1v) is 7.10. The fraction of sp³-hybridized carbons (Fsp3) is 0.263. The third-order valence-corrected chi connectivity index (χ3v) is 4.20. The Balaban J connectivity index is 2.28. The van der Waals surface area contributed by atoms with E-state index in [4.69, 9.17) is 0 Å². The first-order chi connectivity index (χ1) is 9.91. The van der Waals surface area contributed by atoms with Crippen LogP contribution in [-0.2, 0) is 0 Å². The number of Topliss-reactive ketones (excluding diaryl/α,β-unsaturated/α-hetero) is 2. The molecule has 0 heterocycles. The van der Waals surface area contributed by atoms with Gasteiger partial charge >= 0.3 is 0 Å². The summed E-state index contributed by atoms with van der Waals surface area (Å²) < 4.78 is 0. The zero-order valence-electron chi connectivity index (χ0n) is 13.0. The van der Waals surface area contributed by atoms with Crippen LogP contribution in [0.3, 0.4) is 0 Å². The number of hydrogen-bond acceptors (Lipinski definition) is 2. The second-order valence-electron chi connectivity index (χ2n) is 5.51. The second kappa shape index (κ2) is 6.04. The lowest BCUT2D eigenvalue weighted by atomic mass is 9.91.